The summed E-state index contributed by atoms with van der Waals surface area (Å²) in [5, 5.41) is 11.8. The molecule has 2 unspecified atom stereocenters. The highest BCUT2D eigenvalue weighted by atomic mass is 16.7. The van der Waals surface area contributed by atoms with Gasteiger partial charge in [-0.25, -0.2) is 0 Å². The number of nitrogens with zero attached hydrogens (tertiary/aromatic N) is 1. The van der Waals surface area contributed by atoms with E-state index in [2.05, 4.69) is 98.9 Å². The molecule has 77 heavy (non-hydrogen) atoms. The Kier molecular flexibility index (Phi) is 55.9. The molecule has 0 aliphatic rings. The third-order valence-electron chi connectivity index (χ3n) is 13.6. The van der Waals surface area contributed by atoms with E-state index in [1.54, 1.807) is 0 Å². The molecule has 0 aliphatic carbocycles. The molecule has 444 valence electrons. The highest BCUT2D eigenvalue weighted by Gasteiger charge is 2.22. The maximum absolute atomic E-state index is 12.9. The van der Waals surface area contributed by atoms with Crippen molar-refractivity contribution in [3.8, 4) is 0 Å². The monoisotopic (exact) mass is 1080 g/mol. The standard InChI is InChI=1S/C68H119NO8/c1-6-8-10-12-14-16-18-20-22-24-26-27-28-29-30-31-32-33-34-35-36-37-38-39-41-42-44-46-48-50-52-54-56-58-65(70)75-62-64(63-76-68(67(72)73)74-61-60-69(3,4)5)77-66(71)59-57-55-53-51-49-47-45-43-40-25-23-21-19-17-15-13-11-9-7-2/h9,11,15,17-18,20-21,23-24,26,28-29,40,43,64,68H,6-8,10,12-14,16,19,22,25,27,30-39,41-42,44-63H2,1-5H3/b11-9-,17-15-,20-18-,23-21-,26-24-,29-28-,43-40-. The van der Waals surface area contributed by atoms with Crippen molar-refractivity contribution in [1.29, 1.82) is 0 Å². The van der Waals surface area contributed by atoms with Crippen LogP contribution in [0.3, 0.4) is 0 Å². The second kappa shape index (κ2) is 58.6. The molecule has 2 atom stereocenters. The predicted molar refractivity (Wildman–Crippen MR) is 324 cm³/mol. The summed E-state index contributed by atoms with van der Waals surface area (Å²) < 4.78 is 22.7. The van der Waals surface area contributed by atoms with Crippen molar-refractivity contribution in [3.63, 3.8) is 0 Å². The molecule has 0 fully saturated rings. The highest BCUT2D eigenvalue weighted by molar-refractivity contribution is 5.70. The van der Waals surface area contributed by atoms with Crippen molar-refractivity contribution in [2.45, 2.75) is 283 Å². The van der Waals surface area contributed by atoms with Crippen LogP contribution >= 0.6 is 0 Å². The molecule has 0 aromatic heterocycles. The summed E-state index contributed by atoms with van der Waals surface area (Å²) in [5.41, 5.74) is 0. The van der Waals surface area contributed by atoms with Crippen molar-refractivity contribution in [2.75, 3.05) is 47.5 Å². The van der Waals surface area contributed by atoms with Crippen LogP contribution in [0.1, 0.15) is 271 Å². The largest absolute Gasteiger partial charge is 0.545 e. The van der Waals surface area contributed by atoms with Crippen LogP contribution in [-0.4, -0.2) is 82.3 Å². The van der Waals surface area contributed by atoms with Gasteiger partial charge in [0, 0.05) is 12.8 Å². The van der Waals surface area contributed by atoms with Gasteiger partial charge in [-0.1, -0.05) is 253 Å². The van der Waals surface area contributed by atoms with Crippen molar-refractivity contribution in [3.05, 3.63) is 85.1 Å². The predicted octanol–water partition coefficient (Wildman–Crippen LogP) is 17.8. The fraction of sp³-hybridized carbons (Fsp3) is 0.750. The summed E-state index contributed by atoms with van der Waals surface area (Å²) in [7, 11) is 5.92. The molecule has 0 N–H and O–H groups in total. The lowest BCUT2D eigenvalue weighted by Crippen LogP contribution is -2.44. The van der Waals surface area contributed by atoms with E-state index in [-0.39, 0.29) is 38.6 Å². The van der Waals surface area contributed by atoms with Crippen molar-refractivity contribution in [1.82, 2.24) is 0 Å². The number of ether oxygens (including phenoxy) is 4. The van der Waals surface area contributed by atoms with Gasteiger partial charge in [-0.3, -0.25) is 9.59 Å². The Bertz CT molecular complexity index is 1540. The number of esters is 2. The number of hydrogen-bond acceptors (Lipinski definition) is 8. The Balaban J connectivity index is 4.12. The molecule has 0 radical (unpaired) electrons. The number of likely N-dealkylation sites (N-methyl/N-ethyl adjacent to an activating group) is 1. The van der Waals surface area contributed by atoms with E-state index in [0.717, 1.165) is 96.3 Å². The fourth-order valence-corrected chi connectivity index (χ4v) is 8.77. The number of unbranched alkanes of at least 4 members (excludes halogenated alkanes) is 29. The summed E-state index contributed by atoms with van der Waals surface area (Å²) in [6.07, 6.45) is 75.1. The van der Waals surface area contributed by atoms with Gasteiger partial charge in [0.05, 0.1) is 40.3 Å². The van der Waals surface area contributed by atoms with Crippen molar-refractivity contribution in [2.24, 2.45) is 0 Å². The zero-order valence-electron chi connectivity index (χ0n) is 50.6. The first-order valence-electron chi connectivity index (χ1n) is 31.7. The molecule has 0 bridgehead atoms. The number of carbonyl (C=O) groups excluding carboxylic acids is 3. The van der Waals surface area contributed by atoms with Crippen LogP contribution in [0.2, 0.25) is 0 Å². The Morgan fingerprint density at radius 2 is 0.740 bits per heavy atom. The number of quaternary nitrogens is 1. The Hall–Kier alpha value is -3.53. The minimum Gasteiger partial charge on any atom is -0.545 e. The zero-order chi connectivity index (χ0) is 56.2. The second-order valence-corrected chi connectivity index (χ2v) is 22.3. The van der Waals surface area contributed by atoms with Crippen LogP contribution in [0.5, 0.6) is 0 Å². The number of allylic oxidation sites excluding steroid dienone is 14. The number of rotatable bonds is 58. The molecular formula is C68H119NO8. The molecule has 0 aromatic carbocycles. The van der Waals surface area contributed by atoms with E-state index in [4.69, 9.17) is 18.9 Å². The third kappa shape index (κ3) is 60.0. The molecule has 0 spiro atoms. The maximum Gasteiger partial charge on any atom is 0.306 e. The van der Waals surface area contributed by atoms with Gasteiger partial charge in [0.1, 0.15) is 13.2 Å². The summed E-state index contributed by atoms with van der Waals surface area (Å²) >= 11 is 0. The minimum absolute atomic E-state index is 0.142. The van der Waals surface area contributed by atoms with Crippen LogP contribution in [0.4, 0.5) is 0 Å². The fourth-order valence-electron chi connectivity index (χ4n) is 8.77. The lowest BCUT2D eigenvalue weighted by Gasteiger charge is -2.26. The normalized spacial score (nSPS) is 13.3. The molecule has 9 heteroatoms. The number of aliphatic carboxylic acids is 1. The van der Waals surface area contributed by atoms with E-state index in [9.17, 15) is 19.5 Å². The maximum atomic E-state index is 12.9. The minimum atomic E-state index is -1.63. The first-order valence-corrected chi connectivity index (χ1v) is 31.7. The summed E-state index contributed by atoms with van der Waals surface area (Å²) in [6, 6.07) is 0. The van der Waals surface area contributed by atoms with E-state index >= 15 is 0 Å². The van der Waals surface area contributed by atoms with Crippen LogP contribution in [0, 0.1) is 0 Å². The van der Waals surface area contributed by atoms with Crippen molar-refractivity contribution >= 4 is 17.9 Å². The quantitative estimate of drug-likeness (QED) is 0.0195. The van der Waals surface area contributed by atoms with E-state index in [0.29, 0.717) is 17.4 Å². The summed E-state index contributed by atoms with van der Waals surface area (Å²) in [6.45, 7) is 4.62. The molecule has 0 saturated heterocycles. The molecule has 0 heterocycles. The smallest absolute Gasteiger partial charge is 0.306 e. The molecular weight excluding hydrogens is 959 g/mol. The average Bonchev–Trinajstić information content (AvgIpc) is 3.40. The highest BCUT2D eigenvalue weighted by Crippen LogP contribution is 2.17. The molecule has 9 nitrogen and oxygen atoms in total. The first kappa shape index (κ1) is 73.5. The summed E-state index contributed by atoms with van der Waals surface area (Å²) in [4.78, 5) is 37.3. The van der Waals surface area contributed by atoms with E-state index < -0.39 is 24.3 Å². The van der Waals surface area contributed by atoms with Crippen LogP contribution in [0.15, 0.2) is 85.1 Å². The summed E-state index contributed by atoms with van der Waals surface area (Å²) in [5.74, 6) is -2.30. The van der Waals surface area contributed by atoms with Crippen LogP contribution in [-0.2, 0) is 33.3 Å². The number of carbonyl (C=O) groups is 3. The molecule has 0 saturated carbocycles. The van der Waals surface area contributed by atoms with Gasteiger partial charge < -0.3 is 33.3 Å². The average molecular weight is 1080 g/mol. The van der Waals surface area contributed by atoms with E-state index in [1.807, 2.05) is 21.1 Å². The topological polar surface area (TPSA) is 111 Å². The SMILES string of the molecule is CC/C=C\C/C=C\C/C=C\C/C=C\CCCCCCCCC(=O)OC(COC(=O)CCCCCCCCCCCCCCCCCCCC/C=C\C/C=C\C/C=C\CCCCCCC)COC(OCC[N+](C)(C)C)C(=O)[O-]. The van der Waals surface area contributed by atoms with Gasteiger partial charge in [-0.05, 0) is 89.9 Å². The Morgan fingerprint density at radius 3 is 1.10 bits per heavy atom. The lowest BCUT2D eigenvalue weighted by molar-refractivity contribution is -0.870. The van der Waals surface area contributed by atoms with Gasteiger partial charge in [-0.2, -0.15) is 0 Å². The number of carboxylic acids is 1. The zero-order valence-corrected chi connectivity index (χ0v) is 50.6. The van der Waals surface area contributed by atoms with Gasteiger partial charge in [0.15, 0.2) is 12.4 Å². The number of hydrogen-bond donors (Lipinski definition) is 0. The number of carboxylic acid groups (broad SMARTS) is 1. The Morgan fingerprint density at radius 1 is 0.403 bits per heavy atom. The van der Waals surface area contributed by atoms with Gasteiger partial charge in [-0.15, -0.1) is 0 Å². The molecule has 0 rings (SSSR count). The Labute approximate surface area is 474 Å². The molecule has 0 aliphatic heterocycles. The van der Waals surface area contributed by atoms with E-state index in [1.165, 1.54) is 141 Å². The molecule has 0 amide bonds. The lowest BCUT2D eigenvalue weighted by atomic mass is 10.0. The first-order chi connectivity index (χ1) is 37.6. The van der Waals surface area contributed by atoms with Gasteiger partial charge in [0.2, 0.25) is 0 Å². The molecule has 0 aromatic rings. The van der Waals surface area contributed by atoms with Crippen molar-refractivity contribution < 1.29 is 42.9 Å². The van der Waals surface area contributed by atoms with Gasteiger partial charge >= 0.3 is 11.9 Å². The van der Waals surface area contributed by atoms with Crippen LogP contribution < -0.4 is 5.11 Å². The second-order valence-electron chi connectivity index (χ2n) is 22.3. The van der Waals surface area contributed by atoms with Gasteiger partial charge in [0.25, 0.3) is 0 Å². The third-order valence-corrected chi connectivity index (χ3v) is 13.6. The van der Waals surface area contributed by atoms with Crippen LogP contribution in [0.25, 0.3) is 0 Å².